The molecule has 0 fully saturated rings. The summed E-state index contributed by atoms with van der Waals surface area (Å²) < 4.78 is 4.01. The summed E-state index contributed by atoms with van der Waals surface area (Å²) >= 11 is 5.76. The number of benzene rings is 2. The second-order valence-corrected chi connectivity index (χ2v) is 28.1. The van der Waals surface area contributed by atoms with Gasteiger partial charge < -0.3 is 24.8 Å². The van der Waals surface area contributed by atoms with Crippen molar-refractivity contribution in [2.75, 3.05) is 0 Å². The van der Waals surface area contributed by atoms with E-state index in [0.717, 1.165) is 7.25 Å². The zero-order valence-corrected chi connectivity index (χ0v) is 26.1. The predicted molar refractivity (Wildman–Crippen MR) is 129 cm³/mol. The Hall–Kier alpha value is 0.560. The van der Waals surface area contributed by atoms with E-state index in [1.54, 1.807) is 22.3 Å². The molecule has 2 aliphatic carbocycles. The van der Waals surface area contributed by atoms with Crippen molar-refractivity contribution in [2.24, 2.45) is 0 Å². The molecule has 0 amide bonds. The smallest absolute Gasteiger partial charge is 1.00 e. The number of rotatable bonds is 5. The van der Waals surface area contributed by atoms with Gasteiger partial charge in [0.05, 0.1) is 0 Å². The van der Waals surface area contributed by atoms with Crippen LogP contribution in [0.2, 0.25) is 12.1 Å². The van der Waals surface area contributed by atoms with Gasteiger partial charge >= 0.3 is 197 Å². The van der Waals surface area contributed by atoms with Crippen molar-refractivity contribution in [2.45, 2.75) is 47.0 Å². The fourth-order valence-electron chi connectivity index (χ4n) is 5.31. The van der Waals surface area contributed by atoms with Crippen LogP contribution in [0.3, 0.4) is 0 Å². The Morgan fingerprint density at radius 1 is 0.767 bits per heavy atom. The van der Waals surface area contributed by atoms with Crippen LogP contribution in [0.25, 0.3) is 12.2 Å². The number of fused-ring (bicyclic) bond motifs is 2. The van der Waals surface area contributed by atoms with Crippen LogP contribution in [-0.2, 0) is 20.9 Å². The molecule has 0 radical (unpaired) electrons. The summed E-state index contributed by atoms with van der Waals surface area (Å²) in [6, 6.07) is 16.7. The van der Waals surface area contributed by atoms with Crippen molar-refractivity contribution in [3.63, 3.8) is 0 Å². The molecule has 0 aliphatic heterocycles. The van der Waals surface area contributed by atoms with Gasteiger partial charge in [0.2, 0.25) is 0 Å². The van der Waals surface area contributed by atoms with Crippen LogP contribution >= 0.6 is 31.9 Å². The molecular formula is C24H27Br2Cl2SiZr. The van der Waals surface area contributed by atoms with E-state index < -0.39 is 26.8 Å². The van der Waals surface area contributed by atoms with E-state index in [1.807, 2.05) is 0 Å². The first-order valence-electron chi connectivity index (χ1n) is 10.3. The average Bonchev–Trinajstić information content (AvgIpc) is 3.18. The number of hydrogen-bond donors (Lipinski definition) is 0. The summed E-state index contributed by atoms with van der Waals surface area (Å²) in [7, 11) is 0. The molecule has 0 aromatic heterocycles. The van der Waals surface area contributed by atoms with Crippen molar-refractivity contribution >= 4 is 49.9 Å². The minimum absolute atomic E-state index is 0. The maximum atomic E-state index is 3.82. The van der Waals surface area contributed by atoms with Crippen LogP contribution in [0.15, 0.2) is 56.5 Å². The molecule has 0 saturated heterocycles. The summed E-state index contributed by atoms with van der Waals surface area (Å²) in [5.41, 5.74) is 9.42. The first-order chi connectivity index (χ1) is 13.5. The molecule has 0 N–H and O–H groups in total. The maximum absolute atomic E-state index is 3.82. The standard InChI is InChI=1S/2C10H8Br.C4H11Si.2ClH.Zr/c2*1-7-5-8-3-2-4-10(11)9(8)6-7;1-3-5-4-2;;;/h2*2-6H,1H3;5H,3-4H2,1-2H3;2*1H;/q;;;;;+2/p-2. The Kier molecular flexibility index (Phi) is 9.94. The molecule has 0 nitrogen and oxygen atoms in total. The number of hydrogen-bond acceptors (Lipinski definition) is 0. The van der Waals surface area contributed by atoms with E-state index >= 15 is 0 Å². The molecular weight excluding hydrogens is 638 g/mol. The largest absolute Gasteiger partial charge is 1.00 e. The molecule has 2 unspecified atom stereocenters. The van der Waals surface area contributed by atoms with Crippen LogP contribution < -0.4 is 24.8 Å². The Balaban J connectivity index is 0.00000160. The molecule has 159 valence electrons. The zero-order valence-electron chi connectivity index (χ0n) is 17.8. The van der Waals surface area contributed by atoms with Crippen LogP contribution in [0.1, 0.15) is 57.2 Å². The van der Waals surface area contributed by atoms with Gasteiger partial charge in [-0.15, -0.1) is 0 Å². The van der Waals surface area contributed by atoms with Gasteiger partial charge in [-0.25, -0.2) is 0 Å². The van der Waals surface area contributed by atoms with Gasteiger partial charge in [-0.1, -0.05) is 0 Å². The minimum Gasteiger partial charge on any atom is -1.00 e. The van der Waals surface area contributed by atoms with E-state index in [4.69, 9.17) is 0 Å². The van der Waals surface area contributed by atoms with Crippen LogP contribution in [0, 0.1) is 0 Å². The van der Waals surface area contributed by atoms with Crippen molar-refractivity contribution in [1.82, 2.24) is 0 Å². The van der Waals surface area contributed by atoms with Crippen LogP contribution in [-0.4, -0.2) is 5.92 Å². The van der Waals surface area contributed by atoms with Crippen molar-refractivity contribution in [3.05, 3.63) is 78.7 Å². The SMILES string of the molecule is CC[SiH](CC)[Zr+2]([CH]1C(C)=Cc2c(Br)cccc21)[CH]1C(C)=Cc2c(Br)cccc21.[Cl-].[Cl-]. The third-order valence-corrected chi connectivity index (χ3v) is 34.8. The Morgan fingerprint density at radius 2 is 1.17 bits per heavy atom. The molecule has 2 aromatic carbocycles. The Labute approximate surface area is 219 Å². The molecule has 0 bridgehead atoms. The van der Waals surface area contributed by atoms with Crippen molar-refractivity contribution < 1.29 is 45.7 Å². The van der Waals surface area contributed by atoms with E-state index in [0.29, 0.717) is 0 Å². The third kappa shape index (κ3) is 4.62. The Bertz CT molecular complexity index is 912. The minimum atomic E-state index is -1.89. The van der Waals surface area contributed by atoms with E-state index in [2.05, 4.69) is 108 Å². The number of halogens is 4. The van der Waals surface area contributed by atoms with Gasteiger partial charge in [-0.3, -0.25) is 0 Å². The molecule has 2 aromatic rings. The van der Waals surface area contributed by atoms with Gasteiger partial charge in [-0.2, -0.15) is 0 Å². The second-order valence-electron chi connectivity index (χ2n) is 8.14. The fraction of sp³-hybridized carbons (Fsp3) is 0.333. The Morgan fingerprint density at radius 3 is 1.53 bits per heavy atom. The van der Waals surface area contributed by atoms with Gasteiger partial charge in [0.1, 0.15) is 0 Å². The van der Waals surface area contributed by atoms with Gasteiger partial charge in [0.25, 0.3) is 0 Å². The zero-order chi connectivity index (χ0) is 20.0. The summed E-state index contributed by atoms with van der Waals surface area (Å²) in [4.78, 5) is 0. The molecule has 0 saturated carbocycles. The molecule has 6 heteroatoms. The summed E-state index contributed by atoms with van der Waals surface area (Å²) in [5, 5.41) is 0. The van der Waals surface area contributed by atoms with E-state index in [1.165, 1.54) is 32.2 Å². The van der Waals surface area contributed by atoms with E-state index in [-0.39, 0.29) is 24.8 Å². The van der Waals surface area contributed by atoms with E-state index in [9.17, 15) is 0 Å². The molecule has 2 atom stereocenters. The quantitative estimate of drug-likeness (QED) is 0.431. The third-order valence-electron chi connectivity index (χ3n) is 6.57. The fourth-order valence-corrected chi connectivity index (χ4v) is 34.7. The van der Waals surface area contributed by atoms with Crippen LogP contribution in [0.5, 0.6) is 0 Å². The number of allylic oxidation sites excluding steroid dienone is 2. The van der Waals surface area contributed by atoms with Crippen LogP contribution in [0.4, 0.5) is 0 Å². The first-order valence-corrected chi connectivity index (χ1v) is 21.2. The van der Waals surface area contributed by atoms with Gasteiger partial charge in [0, 0.05) is 0 Å². The molecule has 2 aliphatic rings. The van der Waals surface area contributed by atoms with Crippen molar-refractivity contribution in [3.8, 4) is 0 Å². The first kappa shape index (κ1) is 26.8. The van der Waals surface area contributed by atoms with Crippen molar-refractivity contribution in [1.29, 1.82) is 0 Å². The maximum Gasteiger partial charge on any atom is -1.00 e. The monoisotopic (exact) mass is 661 g/mol. The molecule has 0 spiro atoms. The summed E-state index contributed by atoms with van der Waals surface area (Å²) in [6.07, 6.45) is 4.97. The topological polar surface area (TPSA) is 0 Å². The molecule has 4 rings (SSSR count). The molecule has 30 heavy (non-hydrogen) atoms. The summed E-state index contributed by atoms with van der Waals surface area (Å²) in [6.45, 7) is 9.77. The van der Waals surface area contributed by atoms with Gasteiger partial charge in [-0.05, 0) is 0 Å². The van der Waals surface area contributed by atoms with Gasteiger partial charge in [0.15, 0.2) is 0 Å². The predicted octanol–water partition coefficient (Wildman–Crippen LogP) is 2.22. The normalized spacial score (nSPS) is 18.8. The average molecular weight is 666 g/mol. The second kappa shape index (κ2) is 11.1. The molecule has 0 heterocycles. The summed E-state index contributed by atoms with van der Waals surface area (Å²) in [5.74, 6) is -0.755.